The molecule has 1 aromatic heterocycles. The highest BCUT2D eigenvalue weighted by atomic mass is 35.5. The summed E-state index contributed by atoms with van der Waals surface area (Å²) >= 11 is 5.51. The summed E-state index contributed by atoms with van der Waals surface area (Å²) in [6.45, 7) is 1.39. The molecule has 1 aliphatic heterocycles. The van der Waals surface area contributed by atoms with Crippen molar-refractivity contribution in [1.29, 1.82) is 0 Å². The number of aromatic nitrogens is 1. The van der Waals surface area contributed by atoms with E-state index in [1.165, 1.54) is 12.3 Å². The van der Waals surface area contributed by atoms with Crippen molar-refractivity contribution in [2.75, 3.05) is 13.1 Å². The lowest BCUT2D eigenvalue weighted by Gasteiger charge is -2.15. The Hall–Kier alpha value is -1.16. The standard InChI is InChI=1S/C10H10ClFN2O/c11-9-8(12)7(3-4-13-9)10(15)14-5-1-2-6-14/h3-4H,1-2,5-6H2. The van der Waals surface area contributed by atoms with Gasteiger partial charge >= 0.3 is 0 Å². The highest BCUT2D eigenvalue weighted by molar-refractivity contribution is 6.29. The number of carbonyl (C=O) groups is 1. The van der Waals surface area contributed by atoms with Crippen molar-refractivity contribution >= 4 is 17.5 Å². The van der Waals surface area contributed by atoms with E-state index in [0.717, 1.165) is 12.8 Å². The molecule has 5 heteroatoms. The molecule has 1 aromatic rings. The molecule has 1 saturated heterocycles. The van der Waals surface area contributed by atoms with Crippen molar-refractivity contribution in [3.63, 3.8) is 0 Å². The molecule has 0 atom stereocenters. The van der Waals surface area contributed by atoms with Crippen molar-refractivity contribution < 1.29 is 9.18 Å². The number of amides is 1. The Morgan fingerprint density at radius 2 is 2.13 bits per heavy atom. The second-order valence-corrected chi connectivity index (χ2v) is 3.82. The van der Waals surface area contributed by atoms with Crippen LogP contribution in [0.4, 0.5) is 4.39 Å². The monoisotopic (exact) mass is 228 g/mol. The van der Waals surface area contributed by atoms with Crippen molar-refractivity contribution in [2.45, 2.75) is 12.8 Å². The summed E-state index contributed by atoms with van der Waals surface area (Å²) in [7, 11) is 0. The maximum Gasteiger partial charge on any atom is 0.257 e. The van der Waals surface area contributed by atoms with Crippen LogP contribution in [0.5, 0.6) is 0 Å². The molecule has 0 bridgehead atoms. The van der Waals surface area contributed by atoms with Crippen LogP contribution in [0.3, 0.4) is 0 Å². The first-order valence-corrected chi connectivity index (χ1v) is 5.17. The number of likely N-dealkylation sites (tertiary alicyclic amines) is 1. The van der Waals surface area contributed by atoms with Crippen molar-refractivity contribution in [3.05, 3.63) is 28.8 Å². The fourth-order valence-electron chi connectivity index (χ4n) is 1.67. The molecule has 0 N–H and O–H groups in total. The van der Waals surface area contributed by atoms with E-state index in [1.807, 2.05) is 0 Å². The molecule has 0 aliphatic carbocycles. The van der Waals surface area contributed by atoms with Crippen LogP contribution in [0.1, 0.15) is 23.2 Å². The Morgan fingerprint density at radius 1 is 1.47 bits per heavy atom. The van der Waals surface area contributed by atoms with Gasteiger partial charge < -0.3 is 4.90 Å². The number of carbonyl (C=O) groups excluding carboxylic acids is 1. The lowest BCUT2D eigenvalue weighted by molar-refractivity contribution is 0.0788. The van der Waals surface area contributed by atoms with Gasteiger partial charge in [0.05, 0.1) is 5.56 Å². The fraction of sp³-hybridized carbons (Fsp3) is 0.400. The summed E-state index contributed by atoms with van der Waals surface area (Å²) in [5.74, 6) is -1.02. The van der Waals surface area contributed by atoms with Crippen LogP contribution in [0.15, 0.2) is 12.3 Å². The molecular formula is C10H10ClFN2O. The Labute approximate surface area is 91.9 Å². The average Bonchev–Trinajstić information content (AvgIpc) is 2.74. The minimum absolute atomic E-state index is 0.0110. The minimum Gasteiger partial charge on any atom is -0.339 e. The topological polar surface area (TPSA) is 33.2 Å². The molecule has 0 aromatic carbocycles. The first-order valence-electron chi connectivity index (χ1n) is 4.79. The van der Waals surface area contributed by atoms with Crippen LogP contribution in [0.2, 0.25) is 5.15 Å². The first-order chi connectivity index (χ1) is 7.20. The maximum atomic E-state index is 13.5. The predicted octanol–water partition coefficient (Wildman–Crippen LogP) is 2.11. The summed E-state index contributed by atoms with van der Waals surface area (Å²) in [4.78, 5) is 17.0. The highest BCUT2D eigenvalue weighted by Gasteiger charge is 2.23. The van der Waals surface area contributed by atoms with Crippen LogP contribution < -0.4 is 0 Å². The van der Waals surface area contributed by atoms with E-state index in [1.54, 1.807) is 4.90 Å². The van der Waals surface area contributed by atoms with Gasteiger partial charge in [-0.2, -0.15) is 0 Å². The van der Waals surface area contributed by atoms with E-state index in [9.17, 15) is 9.18 Å². The largest absolute Gasteiger partial charge is 0.339 e. The van der Waals surface area contributed by atoms with Crippen molar-refractivity contribution in [3.8, 4) is 0 Å². The third-order valence-electron chi connectivity index (χ3n) is 2.47. The third-order valence-corrected chi connectivity index (χ3v) is 2.73. The molecule has 0 saturated carbocycles. The van der Waals surface area contributed by atoms with Crippen molar-refractivity contribution in [1.82, 2.24) is 9.88 Å². The quantitative estimate of drug-likeness (QED) is 0.690. The van der Waals surface area contributed by atoms with E-state index in [4.69, 9.17) is 11.6 Å². The van der Waals surface area contributed by atoms with Gasteiger partial charge in [-0.3, -0.25) is 4.79 Å². The van der Waals surface area contributed by atoms with Crippen LogP contribution in [0, 0.1) is 5.82 Å². The molecule has 80 valence electrons. The molecule has 2 heterocycles. The van der Waals surface area contributed by atoms with E-state index in [2.05, 4.69) is 4.98 Å². The molecule has 1 aliphatic rings. The summed E-state index contributed by atoms with van der Waals surface area (Å²) in [6, 6.07) is 1.36. The van der Waals surface area contributed by atoms with Crippen LogP contribution in [-0.2, 0) is 0 Å². The maximum absolute atomic E-state index is 13.5. The summed E-state index contributed by atoms with van der Waals surface area (Å²) in [6.07, 6.45) is 3.30. The van der Waals surface area contributed by atoms with Crippen molar-refractivity contribution in [2.24, 2.45) is 0 Å². The molecule has 15 heavy (non-hydrogen) atoms. The van der Waals surface area contributed by atoms with Gasteiger partial charge in [-0.05, 0) is 18.9 Å². The number of hydrogen-bond acceptors (Lipinski definition) is 2. The molecule has 3 nitrogen and oxygen atoms in total. The third kappa shape index (κ3) is 1.95. The van der Waals surface area contributed by atoms with Gasteiger partial charge in [0.2, 0.25) is 0 Å². The van der Waals surface area contributed by atoms with Gasteiger partial charge in [0.1, 0.15) is 0 Å². The fourth-order valence-corrected chi connectivity index (χ4v) is 1.83. The number of halogens is 2. The normalized spacial score (nSPS) is 15.7. The lowest BCUT2D eigenvalue weighted by Crippen LogP contribution is -2.28. The zero-order valence-electron chi connectivity index (χ0n) is 8.04. The molecular weight excluding hydrogens is 219 g/mol. The van der Waals surface area contributed by atoms with Gasteiger partial charge in [0, 0.05) is 19.3 Å². The molecule has 1 amide bonds. The Kier molecular flexibility index (Phi) is 2.86. The second kappa shape index (κ2) is 4.14. The van der Waals surface area contributed by atoms with Gasteiger partial charge in [-0.1, -0.05) is 11.6 Å². The van der Waals surface area contributed by atoms with Crippen LogP contribution >= 0.6 is 11.6 Å². The lowest BCUT2D eigenvalue weighted by atomic mass is 10.2. The average molecular weight is 229 g/mol. The minimum atomic E-state index is -0.726. The Balaban J connectivity index is 2.28. The number of nitrogens with zero attached hydrogens (tertiary/aromatic N) is 2. The zero-order chi connectivity index (χ0) is 10.8. The molecule has 1 fully saturated rings. The second-order valence-electron chi connectivity index (χ2n) is 3.46. The summed E-state index contributed by atoms with van der Waals surface area (Å²) in [5, 5.41) is -0.250. The van der Waals surface area contributed by atoms with E-state index >= 15 is 0 Å². The van der Waals surface area contributed by atoms with Gasteiger partial charge in [0.25, 0.3) is 5.91 Å². The zero-order valence-corrected chi connectivity index (χ0v) is 8.80. The number of hydrogen-bond donors (Lipinski definition) is 0. The number of rotatable bonds is 1. The molecule has 0 spiro atoms. The molecule has 0 radical (unpaired) electrons. The number of pyridine rings is 1. The van der Waals surface area contributed by atoms with Gasteiger partial charge in [0.15, 0.2) is 11.0 Å². The molecule has 0 unspecified atom stereocenters. The van der Waals surface area contributed by atoms with E-state index in [0.29, 0.717) is 13.1 Å². The summed E-state index contributed by atoms with van der Waals surface area (Å²) in [5.41, 5.74) is 0.0110. The van der Waals surface area contributed by atoms with Gasteiger partial charge in [-0.25, -0.2) is 9.37 Å². The molecule has 2 rings (SSSR count). The first kappa shape index (κ1) is 10.4. The van der Waals surface area contributed by atoms with Crippen LogP contribution in [0.25, 0.3) is 0 Å². The van der Waals surface area contributed by atoms with Gasteiger partial charge in [-0.15, -0.1) is 0 Å². The summed E-state index contributed by atoms with van der Waals surface area (Å²) < 4.78 is 13.5. The van der Waals surface area contributed by atoms with Crippen LogP contribution in [-0.4, -0.2) is 28.9 Å². The SMILES string of the molecule is O=C(c1ccnc(Cl)c1F)N1CCCC1. The smallest absolute Gasteiger partial charge is 0.257 e. The Morgan fingerprint density at radius 3 is 2.80 bits per heavy atom. The van der Waals surface area contributed by atoms with E-state index in [-0.39, 0.29) is 16.6 Å². The highest BCUT2D eigenvalue weighted by Crippen LogP contribution is 2.19. The van der Waals surface area contributed by atoms with E-state index < -0.39 is 5.82 Å². The Bertz CT molecular complexity index is 391. The predicted molar refractivity (Wildman–Crippen MR) is 54.3 cm³/mol.